The van der Waals surface area contributed by atoms with Crippen LogP contribution in [0.5, 0.6) is 0 Å². The van der Waals surface area contributed by atoms with Gasteiger partial charge in [-0.25, -0.2) is 0 Å². The number of hydrogen-bond donors (Lipinski definition) is 8. The minimum atomic E-state index is -0.235. The number of rotatable bonds is 17. The van der Waals surface area contributed by atoms with Crippen LogP contribution in [0.4, 0.5) is 79.6 Å². The fourth-order valence-corrected chi connectivity index (χ4v) is 6.54. The third-order valence-corrected chi connectivity index (χ3v) is 9.74. The van der Waals surface area contributed by atoms with Gasteiger partial charge in [0, 0.05) is 92.5 Å². The lowest BCUT2D eigenvalue weighted by Crippen LogP contribution is -2.17. The smallest absolute Gasteiger partial charge is 0.224 e. The van der Waals surface area contributed by atoms with Crippen LogP contribution < -0.4 is 42.5 Å². The van der Waals surface area contributed by atoms with Crippen molar-refractivity contribution in [2.24, 2.45) is 0 Å². The molecule has 10 heteroatoms. The van der Waals surface area contributed by atoms with E-state index in [4.69, 9.17) is 0 Å². The topological polar surface area (TPSA) is 130 Å². The summed E-state index contributed by atoms with van der Waals surface area (Å²) in [5, 5.41) is 26.2. The van der Waals surface area contributed by atoms with Crippen molar-refractivity contribution >= 4 is 91.4 Å². The number of nitrogens with one attached hydrogen (secondary N) is 8. The molecule has 0 unspecified atom stereocenters. The predicted octanol–water partition coefficient (Wildman–Crippen LogP) is 13.5. The summed E-state index contributed by atoms with van der Waals surface area (Å²) in [4.78, 5) is 25.3. The average Bonchev–Trinajstić information content (AvgIpc) is 3.30. The van der Waals surface area contributed by atoms with Gasteiger partial charge in [0.15, 0.2) is 0 Å². The Morgan fingerprint density at radius 3 is 0.581 bits per heavy atom. The van der Waals surface area contributed by atoms with Crippen molar-refractivity contribution < 1.29 is 9.59 Å². The quantitative estimate of drug-likeness (QED) is 0.0456. The van der Waals surface area contributed by atoms with Gasteiger partial charge < -0.3 is 42.5 Å². The zero-order valence-electron chi connectivity index (χ0n) is 33.9. The highest BCUT2D eigenvalue weighted by atomic mass is 16.2. The minimum absolute atomic E-state index is 0.0577. The largest absolute Gasteiger partial charge is 0.356 e. The van der Waals surface area contributed by atoms with Crippen LogP contribution in [0, 0.1) is 0 Å². The van der Waals surface area contributed by atoms with E-state index in [1.165, 1.54) is 0 Å². The van der Waals surface area contributed by atoms with E-state index in [0.717, 1.165) is 68.2 Å². The Morgan fingerprint density at radius 1 is 0.226 bits per heavy atom. The molecule has 306 valence electrons. The molecule has 0 aliphatic rings. The van der Waals surface area contributed by atoms with E-state index >= 15 is 0 Å². The lowest BCUT2D eigenvalue weighted by atomic mass is 10.2. The van der Waals surface area contributed by atoms with Crippen molar-refractivity contribution in [2.45, 2.75) is 12.8 Å². The number of hydrogen-bond acceptors (Lipinski definition) is 8. The normalized spacial score (nSPS) is 10.5. The molecule has 10 nitrogen and oxygen atoms in total. The first kappa shape index (κ1) is 40.3. The van der Waals surface area contributed by atoms with Gasteiger partial charge in [-0.15, -0.1) is 0 Å². The summed E-state index contributed by atoms with van der Waals surface area (Å²) < 4.78 is 0. The fourth-order valence-electron chi connectivity index (χ4n) is 6.54. The molecule has 8 rings (SSSR count). The summed E-state index contributed by atoms with van der Waals surface area (Å²) in [7, 11) is 0. The molecule has 0 heterocycles. The van der Waals surface area contributed by atoms with Gasteiger partial charge in [-0.2, -0.15) is 0 Å². The maximum absolute atomic E-state index is 12.7. The zero-order valence-corrected chi connectivity index (χ0v) is 33.9. The lowest BCUT2D eigenvalue weighted by Gasteiger charge is -2.12. The van der Waals surface area contributed by atoms with E-state index < -0.39 is 0 Å². The van der Waals surface area contributed by atoms with Gasteiger partial charge in [-0.1, -0.05) is 36.4 Å². The van der Waals surface area contributed by atoms with Crippen molar-refractivity contribution in [3.63, 3.8) is 0 Å². The molecule has 0 aliphatic carbocycles. The van der Waals surface area contributed by atoms with E-state index in [-0.39, 0.29) is 24.7 Å². The molecule has 0 aliphatic heterocycles. The average molecular weight is 815 g/mol. The number of carbonyl (C=O) groups is 2. The second kappa shape index (κ2) is 20.0. The maximum Gasteiger partial charge on any atom is 0.224 e. The van der Waals surface area contributed by atoms with Crippen LogP contribution in [0.3, 0.4) is 0 Å². The van der Waals surface area contributed by atoms with E-state index in [0.29, 0.717) is 11.4 Å². The van der Waals surface area contributed by atoms with Crippen molar-refractivity contribution in [3.05, 3.63) is 206 Å². The zero-order chi connectivity index (χ0) is 42.4. The second-order valence-corrected chi connectivity index (χ2v) is 14.5. The molecule has 0 bridgehead atoms. The Kier molecular flexibility index (Phi) is 13.0. The van der Waals surface area contributed by atoms with Crippen LogP contribution >= 0.6 is 0 Å². The van der Waals surface area contributed by atoms with E-state index in [9.17, 15) is 9.59 Å². The van der Waals surface area contributed by atoms with Gasteiger partial charge in [0.1, 0.15) is 0 Å². The van der Waals surface area contributed by atoms with Crippen LogP contribution in [-0.4, -0.2) is 11.8 Å². The van der Waals surface area contributed by atoms with Crippen molar-refractivity contribution in [1.29, 1.82) is 0 Å². The summed E-state index contributed by atoms with van der Waals surface area (Å²) in [6, 6.07) is 67.5. The number of para-hydroxylation sites is 2. The van der Waals surface area contributed by atoms with Crippen LogP contribution in [0.25, 0.3) is 0 Å². The summed E-state index contributed by atoms with van der Waals surface area (Å²) in [5.74, 6) is -0.471. The Morgan fingerprint density at radius 2 is 0.387 bits per heavy atom. The molecule has 0 fully saturated rings. The molecule has 0 saturated carbocycles. The first-order chi connectivity index (χ1) is 30.4. The van der Waals surface area contributed by atoms with Gasteiger partial charge in [0.2, 0.25) is 11.8 Å². The Balaban J connectivity index is 0.722. The molecule has 8 N–H and O–H groups in total. The molecule has 0 radical (unpaired) electrons. The highest BCUT2D eigenvalue weighted by Crippen LogP contribution is 2.27. The molecule has 0 aromatic heterocycles. The van der Waals surface area contributed by atoms with Crippen molar-refractivity contribution in [3.8, 4) is 0 Å². The van der Waals surface area contributed by atoms with Crippen molar-refractivity contribution in [1.82, 2.24) is 0 Å². The minimum Gasteiger partial charge on any atom is -0.356 e. The fraction of sp³-hybridized carbons (Fsp3) is 0.0385. The molecular formula is C52H46N8O2. The van der Waals surface area contributed by atoms with E-state index in [1.807, 2.05) is 206 Å². The number of anilines is 14. The lowest BCUT2D eigenvalue weighted by molar-refractivity contribution is -0.121. The first-order valence-corrected chi connectivity index (χ1v) is 20.4. The van der Waals surface area contributed by atoms with E-state index in [2.05, 4.69) is 42.5 Å². The second-order valence-electron chi connectivity index (χ2n) is 14.5. The predicted molar refractivity (Wildman–Crippen MR) is 258 cm³/mol. The van der Waals surface area contributed by atoms with Crippen LogP contribution in [-0.2, 0) is 9.59 Å². The highest BCUT2D eigenvalue weighted by molar-refractivity contribution is 5.97. The van der Waals surface area contributed by atoms with Gasteiger partial charge >= 0.3 is 0 Å². The summed E-state index contributed by atoms with van der Waals surface area (Å²) in [6.07, 6.45) is 0.115. The van der Waals surface area contributed by atoms with Gasteiger partial charge in [-0.05, 0) is 170 Å². The number of amides is 2. The van der Waals surface area contributed by atoms with Crippen LogP contribution in [0.15, 0.2) is 206 Å². The molecule has 8 aromatic carbocycles. The molecule has 2 amide bonds. The van der Waals surface area contributed by atoms with Crippen molar-refractivity contribution in [2.75, 3.05) is 42.5 Å². The summed E-state index contributed by atoms with van der Waals surface area (Å²) >= 11 is 0. The van der Waals surface area contributed by atoms with Gasteiger partial charge in [-0.3, -0.25) is 9.59 Å². The molecule has 62 heavy (non-hydrogen) atoms. The standard InChI is InChI=1S/C52H46N8O2/c61-51(59-49-31-27-47(28-32-49)57-45-23-19-43(20-24-45)55-41-15-11-39(12-16-41)53-37-7-3-1-4-8-37)35-36-52(62)60-50-33-29-48(30-34-50)58-46-25-21-44(22-26-46)56-42-17-13-40(14-18-42)54-38-9-5-2-6-10-38/h1-34,53-58H,35-36H2,(H,59,61)(H,60,62). The molecule has 0 atom stereocenters. The number of benzene rings is 8. The number of carbonyl (C=O) groups excluding carboxylic acids is 2. The molecule has 8 aromatic rings. The molecule has 0 spiro atoms. The van der Waals surface area contributed by atoms with Gasteiger partial charge in [0.25, 0.3) is 0 Å². The summed E-state index contributed by atoms with van der Waals surface area (Å²) in [6.45, 7) is 0. The van der Waals surface area contributed by atoms with Gasteiger partial charge in [0.05, 0.1) is 0 Å². The van der Waals surface area contributed by atoms with Crippen LogP contribution in [0.1, 0.15) is 12.8 Å². The van der Waals surface area contributed by atoms with Crippen LogP contribution in [0.2, 0.25) is 0 Å². The molecular weight excluding hydrogens is 769 g/mol. The monoisotopic (exact) mass is 814 g/mol. The Bertz CT molecular complexity index is 2470. The highest BCUT2D eigenvalue weighted by Gasteiger charge is 2.09. The third-order valence-electron chi connectivity index (χ3n) is 9.74. The maximum atomic E-state index is 12.7. The SMILES string of the molecule is O=C(CCC(=O)Nc1ccc(Nc2ccc(Nc3ccc(Nc4ccccc4)cc3)cc2)cc1)Nc1ccc(Nc2ccc(Nc3ccc(Nc4ccccc4)cc3)cc2)cc1. The Labute approximate surface area is 361 Å². The summed E-state index contributed by atoms with van der Waals surface area (Å²) in [5.41, 5.74) is 13.0. The molecule has 0 saturated heterocycles. The first-order valence-electron chi connectivity index (χ1n) is 20.4. The van der Waals surface area contributed by atoms with E-state index in [1.54, 1.807) is 0 Å². The third kappa shape index (κ3) is 12.0. The Hall–Kier alpha value is -8.50.